The predicted octanol–water partition coefficient (Wildman–Crippen LogP) is 5.05. The lowest BCUT2D eigenvalue weighted by atomic mass is 10.1. The van der Waals surface area contributed by atoms with Crippen molar-refractivity contribution in [3.05, 3.63) is 107 Å². The number of nitrogens with zero attached hydrogens (tertiary/aromatic N) is 2. The molecule has 4 aromatic rings. The Labute approximate surface area is 173 Å². The lowest BCUT2D eigenvalue weighted by molar-refractivity contribution is 0.0234. The molecule has 0 fully saturated rings. The SMILES string of the molecule is O=C(NOCc1ccccc1)c1cn(-c2ccccc2)nc1-c1ccc(Cl)cc1. The Morgan fingerprint density at radius 1 is 0.931 bits per heavy atom. The Balaban J connectivity index is 1.60. The summed E-state index contributed by atoms with van der Waals surface area (Å²) in [6.07, 6.45) is 1.69. The lowest BCUT2D eigenvalue weighted by Gasteiger charge is -2.06. The third-order valence-electron chi connectivity index (χ3n) is 4.34. The van der Waals surface area contributed by atoms with Gasteiger partial charge in [0, 0.05) is 16.8 Å². The van der Waals surface area contributed by atoms with Crippen LogP contribution < -0.4 is 5.48 Å². The number of hydroxylamine groups is 1. The van der Waals surface area contributed by atoms with Crippen LogP contribution in [0.5, 0.6) is 0 Å². The summed E-state index contributed by atoms with van der Waals surface area (Å²) >= 11 is 6.00. The van der Waals surface area contributed by atoms with Crippen LogP contribution in [0.2, 0.25) is 5.02 Å². The van der Waals surface area contributed by atoms with Crippen LogP contribution in [-0.4, -0.2) is 15.7 Å². The largest absolute Gasteiger partial charge is 0.278 e. The number of hydrogen-bond donors (Lipinski definition) is 1. The molecule has 0 aliphatic carbocycles. The van der Waals surface area contributed by atoms with Crippen LogP contribution in [0.15, 0.2) is 91.1 Å². The van der Waals surface area contributed by atoms with E-state index in [9.17, 15) is 4.79 Å². The molecule has 0 radical (unpaired) electrons. The molecule has 5 nitrogen and oxygen atoms in total. The van der Waals surface area contributed by atoms with Crippen molar-refractivity contribution in [1.29, 1.82) is 0 Å². The molecule has 29 heavy (non-hydrogen) atoms. The third-order valence-corrected chi connectivity index (χ3v) is 4.60. The summed E-state index contributed by atoms with van der Waals surface area (Å²) in [6, 6.07) is 26.4. The Bertz CT molecular complexity index is 1090. The summed E-state index contributed by atoms with van der Waals surface area (Å²) < 4.78 is 1.68. The fraction of sp³-hybridized carbons (Fsp3) is 0.0435. The molecule has 1 heterocycles. The van der Waals surface area contributed by atoms with Gasteiger partial charge in [-0.1, -0.05) is 72.3 Å². The fourth-order valence-corrected chi connectivity index (χ4v) is 3.01. The van der Waals surface area contributed by atoms with E-state index in [1.165, 1.54) is 0 Å². The zero-order chi connectivity index (χ0) is 20.1. The van der Waals surface area contributed by atoms with Crippen molar-refractivity contribution >= 4 is 17.5 Å². The number of hydrogen-bond acceptors (Lipinski definition) is 3. The van der Waals surface area contributed by atoms with E-state index >= 15 is 0 Å². The molecule has 0 saturated carbocycles. The summed E-state index contributed by atoms with van der Waals surface area (Å²) in [7, 11) is 0. The second kappa shape index (κ2) is 8.73. The van der Waals surface area contributed by atoms with Gasteiger partial charge < -0.3 is 0 Å². The topological polar surface area (TPSA) is 56.1 Å². The number of amides is 1. The standard InChI is InChI=1S/C23H18ClN3O2/c24-19-13-11-18(12-14-19)22-21(15-27(25-22)20-9-5-2-6-10-20)23(28)26-29-16-17-7-3-1-4-8-17/h1-15H,16H2,(H,26,28). The maximum Gasteiger partial charge on any atom is 0.278 e. The zero-order valence-corrected chi connectivity index (χ0v) is 16.2. The Hall–Kier alpha value is -3.41. The van der Waals surface area contributed by atoms with E-state index < -0.39 is 0 Å². The monoisotopic (exact) mass is 403 g/mol. The first kappa shape index (κ1) is 18.9. The maximum atomic E-state index is 12.8. The Morgan fingerprint density at radius 2 is 1.59 bits per heavy atom. The minimum absolute atomic E-state index is 0.273. The Kier molecular flexibility index (Phi) is 5.70. The van der Waals surface area contributed by atoms with Gasteiger partial charge in [0.15, 0.2) is 0 Å². The van der Waals surface area contributed by atoms with Crippen LogP contribution in [0, 0.1) is 0 Å². The minimum Gasteiger partial charge on any atom is -0.269 e. The summed E-state index contributed by atoms with van der Waals surface area (Å²) in [5.74, 6) is -0.368. The fourth-order valence-electron chi connectivity index (χ4n) is 2.89. The number of carbonyl (C=O) groups excluding carboxylic acids is 1. The molecule has 144 valence electrons. The van der Waals surface area contributed by atoms with Crippen molar-refractivity contribution in [2.75, 3.05) is 0 Å². The minimum atomic E-state index is -0.368. The summed E-state index contributed by atoms with van der Waals surface area (Å²) in [6.45, 7) is 0.273. The molecule has 3 aromatic carbocycles. The molecule has 1 amide bonds. The quantitative estimate of drug-likeness (QED) is 0.458. The first-order valence-electron chi connectivity index (χ1n) is 9.08. The summed E-state index contributed by atoms with van der Waals surface area (Å²) in [4.78, 5) is 18.2. The number of carbonyl (C=O) groups is 1. The highest BCUT2D eigenvalue weighted by Gasteiger charge is 2.19. The second-order valence-electron chi connectivity index (χ2n) is 6.38. The van der Waals surface area contributed by atoms with Crippen LogP contribution in [0.25, 0.3) is 16.9 Å². The van der Waals surface area contributed by atoms with E-state index in [1.54, 1.807) is 23.0 Å². The first-order valence-corrected chi connectivity index (χ1v) is 9.45. The molecule has 1 aromatic heterocycles. The average molecular weight is 404 g/mol. The number of para-hydroxylation sites is 1. The molecule has 4 rings (SSSR count). The zero-order valence-electron chi connectivity index (χ0n) is 15.5. The summed E-state index contributed by atoms with van der Waals surface area (Å²) in [5, 5.41) is 5.24. The molecule has 0 aliphatic rings. The highest BCUT2D eigenvalue weighted by Crippen LogP contribution is 2.25. The molecule has 0 unspecified atom stereocenters. The summed E-state index contributed by atoms with van der Waals surface area (Å²) in [5.41, 5.74) is 6.08. The lowest BCUT2D eigenvalue weighted by Crippen LogP contribution is -2.23. The van der Waals surface area contributed by atoms with Crippen LogP contribution in [0.3, 0.4) is 0 Å². The van der Waals surface area contributed by atoms with Crippen LogP contribution >= 0.6 is 11.6 Å². The van der Waals surface area contributed by atoms with Crippen molar-refractivity contribution in [3.63, 3.8) is 0 Å². The number of nitrogens with one attached hydrogen (secondary N) is 1. The van der Waals surface area contributed by atoms with Gasteiger partial charge in [-0.3, -0.25) is 9.63 Å². The molecular formula is C23H18ClN3O2. The molecule has 0 saturated heterocycles. The molecule has 0 aliphatic heterocycles. The highest BCUT2D eigenvalue weighted by molar-refractivity contribution is 6.30. The number of benzene rings is 3. The molecule has 6 heteroatoms. The van der Waals surface area contributed by atoms with Gasteiger partial charge in [-0.05, 0) is 29.8 Å². The third kappa shape index (κ3) is 4.54. The highest BCUT2D eigenvalue weighted by atomic mass is 35.5. The van der Waals surface area contributed by atoms with Crippen LogP contribution in [-0.2, 0) is 11.4 Å². The number of rotatable bonds is 6. The molecular weight excluding hydrogens is 386 g/mol. The van der Waals surface area contributed by atoms with Gasteiger partial charge in [-0.2, -0.15) is 5.10 Å². The number of halogens is 1. The van der Waals surface area contributed by atoms with Crippen molar-refractivity contribution in [1.82, 2.24) is 15.3 Å². The van der Waals surface area contributed by atoms with Crippen LogP contribution in [0.1, 0.15) is 15.9 Å². The maximum absolute atomic E-state index is 12.8. The van der Waals surface area contributed by atoms with E-state index in [2.05, 4.69) is 10.6 Å². The normalized spacial score (nSPS) is 10.7. The van der Waals surface area contributed by atoms with Crippen molar-refractivity contribution in [2.24, 2.45) is 0 Å². The Morgan fingerprint density at radius 3 is 2.28 bits per heavy atom. The van der Waals surface area contributed by atoms with E-state index in [4.69, 9.17) is 16.4 Å². The molecule has 0 bridgehead atoms. The molecule has 0 atom stereocenters. The predicted molar refractivity (Wildman–Crippen MR) is 113 cm³/mol. The van der Waals surface area contributed by atoms with E-state index in [1.807, 2.05) is 72.8 Å². The van der Waals surface area contributed by atoms with Crippen molar-refractivity contribution < 1.29 is 9.63 Å². The van der Waals surface area contributed by atoms with E-state index in [0.29, 0.717) is 16.3 Å². The van der Waals surface area contributed by atoms with Gasteiger partial charge in [0.25, 0.3) is 5.91 Å². The van der Waals surface area contributed by atoms with E-state index in [0.717, 1.165) is 16.8 Å². The average Bonchev–Trinajstić information content (AvgIpc) is 3.21. The van der Waals surface area contributed by atoms with Gasteiger partial charge in [-0.15, -0.1) is 0 Å². The van der Waals surface area contributed by atoms with Gasteiger partial charge in [0.05, 0.1) is 17.9 Å². The van der Waals surface area contributed by atoms with Crippen molar-refractivity contribution in [2.45, 2.75) is 6.61 Å². The van der Waals surface area contributed by atoms with E-state index in [-0.39, 0.29) is 12.5 Å². The molecule has 1 N–H and O–H groups in total. The van der Waals surface area contributed by atoms with Gasteiger partial charge in [-0.25, -0.2) is 10.2 Å². The first-order chi connectivity index (χ1) is 14.2. The second-order valence-corrected chi connectivity index (χ2v) is 6.82. The van der Waals surface area contributed by atoms with Gasteiger partial charge >= 0.3 is 0 Å². The smallest absolute Gasteiger partial charge is 0.269 e. The van der Waals surface area contributed by atoms with Gasteiger partial charge in [0.2, 0.25) is 0 Å². The number of aromatic nitrogens is 2. The van der Waals surface area contributed by atoms with Gasteiger partial charge in [0.1, 0.15) is 5.69 Å². The molecule has 0 spiro atoms. The van der Waals surface area contributed by atoms with Crippen molar-refractivity contribution in [3.8, 4) is 16.9 Å². The van der Waals surface area contributed by atoms with Crippen LogP contribution in [0.4, 0.5) is 0 Å².